The number of halogens is 2. The third-order valence-electron chi connectivity index (χ3n) is 7.29. The third-order valence-corrected chi connectivity index (χ3v) is 7.29. The number of hydrogen-bond donors (Lipinski definition) is 0. The van der Waals surface area contributed by atoms with E-state index in [2.05, 4.69) is 11.1 Å². The topological polar surface area (TPSA) is 31.4 Å². The number of pyridine rings is 1. The summed E-state index contributed by atoms with van der Waals surface area (Å²) in [6.45, 7) is 8.19. The van der Waals surface area contributed by atoms with Crippen LogP contribution in [0.15, 0.2) is 12.3 Å². The van der Waals surface area contributed by atoms with E-state index in [0.717, 1.165) is 17.6 Å². The molecule has 28 heavy (non-hydrogen) atoms. The van der Waals surface area contributed by atoms with Gasteiger partial charge in [0.25, 0.3) is 0 Å². The number of hydrogen-bond acceptors (Lipinski definition) is 3. The van der Waals surface area contributed by atoms with Crippen LogP contribution in [0.4, 0.5) is 8.78 Å². The molecule has 0 amide bonds. The summed E-state index contributed by atoms with van der Waals surface area (Å²) in [6.07, 6.45) is 8.97. The Labute approximate surface area is 167 Å². The van der Waals surface area contributed by atoms with Crippen LogP contribution in [0.25, 0.3) is 0 Å². The van der Waals surface area contributed by atoms with Crippen LogP contribution < -0.4 is 5.46 Å². The van der Waals surface area contributed by atoms with Crippen molar-refractivity contribution < 1.29 is 18.1 Å². The Bertz CT molecular complexity index is 707. The van der Waals surface area contributed by atoms with Crippen molar-refractivity contribution in [1.29, 1.82) is 0 Å². The zero-order chi connectivity index (χ0) is 20.2. The van der Waals surface area contributed by atoms with E-state index in [-0.39, 0.29) is 18.8 Å². The Balaban J connectivity index is 1.61. The molecule has 0 unspecified atom stereocenters. The Hall–Kier alpha value is -1.01. The molecule has 4 rings (SSSR count). The molecule has 3 nitrogen and oxygen atoms in total. The molecule has 2 saturated carbocycles. The van der Waals surface area contributed by atoms with Crippen molar-refractivity contribution in [1.82, 2.24) is 4.98 Å². The van der Waals surface area contributed by atoms with Crippen LogP contribution in [0.5, 0.6) is 0 Å². The van der Waals surface area contributed by atoms with Gasteiger partial charge in [0.1, 0.15) is 0 Å². The lowest BCUT2D eigenvalue weighted by Crippen LogP contribution is -2.41. The Kier molecular flexibility index (Phi) is 5.11. The summed E-state index contributed by atoms with van der Waals surface area (Å²) in [5, 5.41) is 0. The molecule has 1 aliphatic heterocycles. The maximum atomic E-state index is 13.4. The number of nitrogens with zero attached hydrogens (tertiary/aromatic N) is 1. The molecule has 2 heterocycles. The second-order valence-electron chi connectivity index (χ2n) is 10.1. The predicted molar refractivity (Wildman–Crippen MR) is 107 cm³/mol. The van der Waals surface area contributed by atoms with Gasteiger partial charge in [0, 0.05) is 36.1 Å². The van der Waals surface area contributed by atoms with E-state index in [1.165, 1.54) is 37.7 Å². The van der Waals surface area contributed by atoms with Gasteiger partial charge < -0.3 is 9.31 Å². The van der Waals surface area contributed by atoms with Crippen LogP contribution in [0.3, 0.4) is 0 Å². The van der Waals surface area contributed by atoms with Crippen molar-refractivity contribution in [3.05, 3.63) is 23.5 Å². The molecule has 0 atom stereocenters. The van der Waals surface area contributed by atoms with Gasteiger partial charge in [0.05, 0.1) is 11.2 Å². The lowest BCUT2D eigenvalue weighted by atomic mass is 9.72. The van der Waals surface area contributed by atoms with Gasteiger partial charge in [-0.2, -0.15) is 0 Å². The van der Waals surface area contributed by atoms with Gasteiger partial charge in [0.2, 0.25) is 5.92 Å². The molecule has 0 N–H and O–H groups in total. The first-order valence-corrected chi connectivity index (χ1v) is 10.8. The fourth-order valence-electron chi connectivity index (χ4n) is 4.68. The van der Waals surface area contributed by atoms with Gasteiger partial charge in [-0.1, -0.05) is 32.1 Å². The van der Waals surface area contributed by atoms with Crippen LogP contribution in [0, 0.1) is 5.92 Å². The van der Waals surface area contributed by atoms with Crippen molar-refractivity contribution in [3.8, 4) is 0 Å². The van der Waals surface area contributed by atoms with Crippen LogP contribution in [0.2, 0.25) is 0 Å². The highest BCUT2D eigenvalue weighted by Gasteiger charge is 2.52. The molecular formula is C22H32BF2NO2. The van der Waals surface area contributed by atoms with Crippen molar-refractivity contribution in [3.63, 3.8) is 0 Å². The molecule has 0 aromatic carbocycles. The highest BCUT2D eigenvalue weighted by atomic mass is 19.3. The fourth-order valence-corrected chi connectivity index (χ4v) is 4.68. The number of aromatic nitrogens is 1. The lowest BCUT2D eigenvalue weighted by molar-refractivity contribution is -0.0876. The zero-order valence-electron chi connectivity index (χ0n) is 17.6. The van der Waals surface area contributed by atoms with Crippen LogP contribution in [0.1, 0.15) is 89.8 Å². The quantitative estimate of drug-likeness (QED) is 0.676. The summed E-state index contributed by atoms with van der Waals surface area (Å²) in [7, 11) is -0.451. The fraction of sp³-hybridized carbons (Fsp3) is 0.773. The summed E-state index contributed by atoms with van der Waals surface area (Å²) in [5.41, 5.74) is 2.13. The third kappa shape index (κ3) is 3.87. The first kappa shape index (κ1) is 20.3. The molecule has 2 aliphatic carbocycles. The number of alkyl halides is 2. The van der Waals surface area contributed by atoms with Crippen LogP contribution in [-0.2, 0) is 15.7 Å². The maximum Gasteiger partial charge on any atom is 0.496 e. The van der Waals surface area contributed by atoms with Gasteiger partial charge in [-0.15, -0.1) is 0 Å². The molecule has 0 radical (unpaired) electrons. The average Bonchev–Trinajstić information content (AvgIpc) is 2.81. The minimum atomic E-state index is -2.53. The van der Waals surface area contributed by atoms with Gasteiger partial charge in [-0.05, 0) is 51.7 Å². The minimum Gasteiger partial charge on any atom is -0.399 e. The summed E-state index contributed by atoms with van der Waals surface area (Å²) < 4.78 is 39.3. The van der Waals surface area contributed by atoms with E-state index in [0.29, 0.717) is 5.92 Å². The van der Waals surface area contributed by atoms with Crippen molar-refractivity contribution >= 4 is 12.6 Å². The van der Waals surface area contributed by atoms with E-state index < -0.39 is 24.2 Å². The standard InChI is InChI=1S/C22H32BF2NO2/c1-20(2)21(3,4)28-23(27-20)18-14-26-19(17-12-22(24,25)13-17)11-16(18)10-15-8-6-5-7-9-15/h11,14-15,17H,5-10,12-13H2,1-4H3. The van der Waals surface area contributed by atoms with Crippen molar-refractivity contribution in [2.75, 3.05) is 0 Å². The second kappa shape index (κ2) is 7.05. The van der Waals surface area contributed by atoms with E-state index in [1.54, 1.807) is 0 Å². The molecule has 154 valence electrons. The van der Waals surface area contributed by atoms with Crippen LogP contribution in [-0.4, -0.2) is 29.2 Å². The molecule has 3 aliphatic rings. The van der Waals surface area contributed by atoms with Gasteiger partial charge >= 0.3 is 7.12 Å². The highest BCUT2D eigenvalue weighted by Crippen LogP contribution is 2.48. The first-order chi connectivity index (χ1) is 13.1. The SMILES string of the molecule is CC1(C)OB(c2cnc(C3CC(F)(F)C3)cc2CC2CCCCC2)OC1(C)C. The Morgan fingerprint density at radius 1 is 1.04 bits per heavy atom. The maximum absolute atomic E-state index is 13.4. The monoisotopic (exact) mass is 391 g/mol. The van der Waals surface area contributed by atoms with Gasteiger partial charge in [-0.3, -0.25) is 4.98 Å². The zero-order valence-corrected chi connectivity index (χ0v) is 17.6. The summed E-state index contributed by atoms with van der Waals surface area (Å²) in [4.78, 5) is 4.57. The van der Waals surface area contributed by atoms with E-state index in [9.17, 15) is 8.78 Å². The van der Waals surface area contributed by atoms with Crippen molar-refractivity contribution in [2.45, 2.75) is 102 Å². The highest BCUT2D eigenvalue weighted by molar-refractivity contribution is 6.62. The van der Waals surface area contributed by atoms with Crippen molar-refractivity contribution in [2.24, 2.45) is 5.92 Å². The predicted octanol–water partition coefficient (Wildman–Crippen LogP) is 5.02. The van der Waals surface area contributed by atoms with E-state index >= 15 is 0 Å². The minimum absolute atomic E-state index is 0.0846. The molecule has 3 fully saturated rings. The smallest absolute Gasteiger partial charge is 0.399 e. The summed E-state index contributed by atoms with van der Waals surface area (Å²) >= 11 is 0. The molecule has 0 spiro atoms. The second-order valence-corrected chi connectivity index (χ2v) is 10.1. The largest absolute Gasteiger partial charge is 0.496 e. The van der Waals surface area contributed by atoms with Gasteiger partial charge in [0.15, 0.2) is 0 Å². The normalized spacial score (nSPS) is 27.0. The Morgan fingerprint density at radius 3 is 2.21 bits per heavy atom. The summed E-state index contributed by atoms with van der Waals surface area (Å²) in [5.74, 6) is -2.01. The molecule has 0 bridgehead atoms. The molecular weight excluding hydrogens is 359 g/mol. The molecule has 1 saturated heterocycles. The van der Waals surface area contributed by atoms with E-state index in [4.69, 9.17) is 9.31 Å². The summed E-state index contributed by atoms with van der Waals surface area (Å²) in [6, 6.07) is 2.06. The van der Waals surface area contributed by atoms with E-state index in [1.807, 2.05) is 33.9 Å². The van der Waals surface area contributed by atoms with Crippen LogP contribution >= 0.6 is 0 Å². The Morgan fingerprint density at radius 2 is 1.64 bits per heavy atom. The lowest BCUT2D eigenvalue weighted by Gasteiger charge is -2.35. The molecule has 1 aromatic rings. The first-order valence-electron chi connectivity index (χ1n) is 10.8. The molecule has 6 heteroatoms. The number of rotatable bonds is 4. The molecule has 1 aromatic heterocycles. The van der Waals surface area contributed by atoms with Gasteiger partial charge in [-0.25, -0.2) is 8.78 Å². The average molecular weight is 391 g/mol.